The summed E-state index contributed by atoms with van der Waals surface area (Å²) < 4.78 is 7.58. The molecule has 0 saturated heterocycles. The summed E-state index contributed by atoms with van der Waals surface area (Å²) in [5, 5.41) is 6.82. The summed E-state index contributed by atoms with van der Waals surface area (Å²) >= 11 is 3.42. The maximum Gasteiger partial charge on any atom is 0.259 e. The van der Waals surface area contributed by atoms with E-state index in [1.807, 2.05) is 54.6 Å². The third kappa shape index (κ3) is 4.72. The highest BCUT2D eigenvalue weighted by molar-refractivity contribution is 9.10. The molecule has 30 heavy (non-hydrogen) atoms. The molecule has 1 N–H and O–H groups in total. The zero-order chi connectivity index (χ0) is 20.9. The number of aromatic nitrogens is 3. The van der Waals surface area contributed by atoms with Gasteiger partial charge >= 0.3 is 0 Å². The third-order valence-electron chi connectivity index (χ3n) is 4.39. The molecular weight excluding hydrogens is 448 g/mol. The van der Waals surface area contributed by atoms with Crippen LogP contribution in [-0.2, 0) is 17.9 Å². The molecule has 2 aromatic heterocycles. The lowest BCUT2D eigenvalue weighted by atomic mass is 10.2. The van der Waals surface area contributed by atoms with E-state index in [4.69, 9.17) is 4.52 Å². The molecule has 0 unspecified atom stereocenters. The van der Waals surface area contributed by atoms with Crippen molar-refractivity contribution >= 4 is 21.8 Å². The van der Waals surface area contributed by atoms with Gasteiger partial charge in [-0.05, 0) is 23.8 Å². The number of halogens is 1. The summed E-state index contributed by atoms with van der Waals surface area (Å²) in [5.41, 5.74) is 2.05. The van der Waals surface area contributed by atoms with Gasteiger partial charge in [-0.3, -0.25) is 9.59 Å². The summed E-state index contributed by atoms with van der Waals surface area (Å²) in [5.74, 6) is 0.437. The Morgan fingerprint density at radius 3 is 2.67 bits per heavy atom. The van der Waals surface area contributed by atoms with Crippen LogP contribution in [0.3, 0.4) is 0 Å². The molecule has 0 bridgehead atoms. The first-order valence-corrected chi connectivity index (χ1v) is 9.99. The van der Waals surface area contributed by atoms with Crippen LogP contribution in [0.25, 0.3) is 22.8 Å². The summed E-state index contributed by atoms with van der Waals surface area (Å²) in [6.45, 7) is 0.292. The Hall–Kier alpha value is -3.52. The highest BCUT2D eigenvalue weighted by Gasteiger charge is 2.13. The molecule has 150 valence electrons. The van der Waals surface area contributed by atoms with Gasteiger partial charge in [0, 0.05) is 28.8 Å². The minimum atomic E-state index is -0.291. The number of pyridine rings is 1. The van der Waals surface area contributed by atoms with Crippen molar-refractivity contribution in [2.75, 3.05) is 0 Å². The minimum absolute atomic E-state index is 0.105. The lowest BCUT2D eigenvalue weighted by molar-refractivity contribution is -0.121. The van der Waals surface area contributed by atoms with Crippen molar-refractivity contribution in [1.82, 2.24) is 20.0 Å². The number of carbonyl (C=O) groups is 1. The molecule has 8 heteroatoms. The molecule has 0 atom stereocenters. The SMILES string of the molecule is O=C(Cn1cc(-c2nc(-c3cccc(Br)c3)no2)ccc1=O)NCc1ccccc1. The molecule has 4 aromatic rings. The van der Waals surface area contributed by atoms with Crippen LogP contribution in [0.4, 0.5) is 0 Å². The number of hydrogen-bond acceptors (Lipinski definition) is 5. The van der Waals surface area contributed by atoms with Crippen molar-refractivity contribution in [3.63, 3.8) is 0 Å². The predicted molar refractivity (Wildman–Crippen MR) is 115 cm³/mol. The molecule has 0 radical (unpaired) electrons. The first-order chi connectivity index (χ1) is 14.6. The molecule has 1 amide bonds. The second kappa shape index (κ2) is 8.87. The lowest BCUT2D eigenvalue weighted by Crippen LogP contribution is -2.31. The highest BCUT2D eigenvalue weighted by Crippen LogP contribution is 2.23. The summed E-state index contributed by atoms with van der Waals surface area (Å²) in [6.07, 6.45) is 1.54. The van der Waals surface area contributed by atoms with Gasteiger partial charge in [0.05, 0.1) is 5.56 Å². The fraction of sp³-hybridized carbons (Fsp3) is 0.0909. The van der Waals surface area contributed by atoms with E-state index in [1.165, 1.54) is 10.6 Å². The fourth-order valence-electron chi connectivity index (χ4n) is 2.87. The van der Waals surface area contributed by atoms with E-state index in [9.17, 15) is 9.59 Å². The zero-order valence-corrected chi connectivity index (χ0v) is 17.4. The normalized spacial score (nSPS) is 10.7. The number of hydrogen-bond donors (Lipinski definition) is 1. The van der Waals surface area contributed by atoms with E-state index in [0.717, 1.165) is 15.6 Å². The Balaban J connectivity index is 1.49. The van der Waals surface area contributed by atoms with Crippen molar-refractivity contribution in [1.29, 1.82) is 0 Å². The Kier molecular flexibility index (Phi) is 5.85. The molecule has 4 rings (SSSR count). The summed E-state index contributed by atoms with van der Waals surface area (Å²) in [6, 6.07) is 20.1. The van der Waals surface area contributed by atoms with Gasteiger partial charge in [-0.2, -0.15) is 4.98 Å². The number of nitrogens with zero attached hydrogens (tertiary/aromatic N) is 3. The Bertz CT molecular complexity index is 1230. The molecule has 0 fully saturated rings. The average molecular weight is 465 g/mol. The first kappa shape index (κ1) is 19.8. The van der Waals surface area contributed by atoms with Crippen LogP contribution in [0.1, 0.15) is 5.56 Å². The predicted octanol–water partition coefficient (Wildman–Crippen LogP) is 3.64. The molecule has 0 saturated carbocycles. The van der Waals surface area contributed by atoms with Gasteiger partial charge in [-0.1, -0.05) is 63.6 Å². The van der Waals surface area contributed by atoms with E-state index in [-0.39, 0.29) is 23.9 Å². The van der Waals surface area contributed by atoms with Gasteiger partial charge in [0.15, 0.2) is 0 Å². The van der Waals surface area contributed by atoms with Crippen LogP contribution in [0.2, 0.25) is 0 Å². The molecule has 0 spiro atoms. The Morgan fingerprint density at radius 1 is 1.03 bits per heavy atom. The quantitative estimate of drug-likeness (QED) is 0.470. The second-order valence-corrected chi connectivity index (χ2v) is 7.50. The number of amides is 1. The molecule has 0 aliphatic heterocycles. The van der Waals surface area contributed by atoms with Crippen molar-refractivity contribution in [3.8, 4) is 22.8 Å². The summed E-state index contributed by atoms with van der Waals surface area (Å²) in [7, 11) is 0. The zero-order valence-electron chi connectivity index (χ0n) is 15.8. The van der Waals surface area contributed by atoms with Crippen LogP contribution in [-0.4, -0.2) is 20.6 Å². The van der Waals surface area contributed by atoms with Crippen LogP contribution < -0.4 is 10.9 Å². The first-order valence-electron chi connectivity index (χ1n) is 9.19. The number of benzene rings is 2. The third-order valence-corrected chi connectivity index (χ3v) is 4.88. The van der Waals surface area contributed by atoms with Gasteiger partial charge in [-0.25, -0.2) is 0 Å². The molecule has 7 nitrogen and oxygen atoms in total. The van der Waals surface area contributed by atoms with Crippen molar-refractivity contribution in [2.24, 2.45) is 0 Å². The number of nitrogens with one attached hydrogen (secondary N) is 1. The fourth-order valence-corrected chi connectivity index (χ4v) is 3.27. The van der Waals surface area contributed by atoms with E-state index in [0.29, 0.717) is 17.9 Å². The average Bonchev–Trinajstić information content (AvgIpc) is 3.25. The highest BCUT2D eigenvalue weighted by atomic mass is 79.9. The number of carbonyl (C=O) groups excluding carboxylic acids is 1. The van der Waals surface area contributed by atoms with Crippen molar-refractivity contribution < 1.29 is 9.32 Å². The van der Waals surface area contributed by atoms with Crippen LogP contribution in [0.5, 0.6) is 0 Å². The van der Waals surface area contributed by atoms with Crippen molar-refractivity contribution in [2.45, 2.75) is 13.1 Å². The van der Waals surface area contributed by atoms with Crippen LogP contribution in [0.15, 0.2) is 86.7 Å². The topological polar surface area (TPSA) is 90.0 Å². The molecule has 0 aliphatic rings. The smallest absolute Gasteiger partial charge is 0.259 e. The molecule has 0 aliphatic carbocycles. The molecule has 2 aromatic carbocycles. The van der Waals surface area contributed by atoms with Gasteiger partial charge in [0.25, 0.3) is 11.4 Å². The Labute approximate surface area is 180 Å². The van der Waals surface area contributed by atoms with Gasteiger partial charge < -0.3 is 14.4 Å². The van der Waals surface area contributed by atoms with Crippen molar-refractivity contribution in [3.05, 3.63) is 93.3 Å². The molecular formula is C22H17BrN4O3. The lowest BCUT2D eigenvalue weighted by Gasteiger charge is -2.08. The van der Waals surface area contributed by atoms with E-state index in [2.05, 4.69) is 31.4 Å². The monoisotopic (exact) mass is 464 g/mol. The second-order valence-electron chi connectivity index (χ2n) is 6.58. The van der Waals surface area contributed by atoms with Gasteiger partial charge in [-0.15, -0.1) is 0 Å². The molecule has 2 heterocycles. The van der Waals surface area contributed by atoms with Crippen LogP contribution >= 0.6 is 15.9 Å². The minimum Gasteiger partial charge on any atom is -0.350 e. The Morgan fingerprint density at radius 2 is 1.87 bits per heavy atom. The summed E-state index contributed by atoms with van der Waals surface area (Å²) in [4.78, 5) is 28.9. The van der Waals surface area contributed by atoms with Gasteiger partial charge in [0.2, 0.25) is 11.7 Å². The van der Waals surface area contributed by atoms with E-state index in [1.54, 1.807) is 12.3 Å². The van der Waals surface area contributed by atoms with E-state index < -0.39 is 0 Å². The maximum atomic E-state index is 12.3. The standard InChI is InChI=1S/C22H17BrN4O3/c23-18-8-4-7-16(11-18)21-25-22(30-26-21)17-9-10-20(29)27(13-17)14-19(28)24-12-15-5-2-1-3-6-15/h1-11,13H,12,14H2,(H,24,28). The van der Waals surface area contributed by atoms with Gasteiger partial charge in [0.1, 0.15) is 6.54 Å². The number of rotatable bonds is 6. The van der Waals surface area contributed by atoms with E-state index >= 15 is 0 Å². The largest absolute Gasteiger partial charge is 0.350 e. The van der Waals surface area contributed by atoms with Crippen LogP contribution in [0, 0.1) is 0 Å². The maximum absolute atomic E-state index is 12.3.